The lowest BCUT2D eigenvalue weighted by atomic mass is 10.2. The SMILES string of the molecule is O=[N+]([O-])c1ccc(OC[C@@H]2CCCN2)cc1. The molecule has 1 aliphatic rings. The number of ether oxygens (including phenoxy) is 1. The Morgan fingerprint density at radius 1 is 1.44 bits per heavy atom. The number of nitro benzene ring substituents is 1. The molecular formula is C11H14N2O3. The lowest BCUT2D eigenvalue weighted by Crippen LogP contribution is -2.28. The summed E-state index contributed by atoms with van der Waals surface area (Å²) in [5.74, 6) is 0.680. The van der Waals surface area contributed by atoms with Crippen molar-refractivity contribution in [1.29, 1.82) is 0 Å². The van der Waals surface area contributed by atoms with Crippen LogP contribution < -0.4 is 10.1 Å². The molecular weight excluding hydrogens is 208 g/mol. The van der Waals surface area contributed by atoms with E-state index in [0.29, 0.717) is 18.4 Å². The van der Waals surface area contributed by atoms with E-state index in [9.17, 15) is 10.1 Å². The Morgan fingerprint density at radius 3 is 2.75 bits per heavy atom. The van der Waals surface area contributed by atoms with Gasteiger partial charge in [0.25, 0.3) is 5.69 Å². The quantitative estimate of drug-likeness (QED) is 0.622. The van der Waals surface area contributed by atoms with Crippen LogP contribution in [0, 0.1) is 10.1 Å². The van der Waals surface area contributed by atoms with Crippen molar-refractivity contribution in [3.8, 4) is 5.75 Å². The highest BCUT2D eigenvalue weighted by molar-refractivity contribution is 5.35. The second-order valence-electron chi connectivity index (χ2n) is 3.86. The number of nitrogens with one attached hydrogen (secondary N) is 1. The van der Waals surface area contributed by atoms with Crippen molar-refractivity contribution in [2.75, 3.05) is 13.2 Å². The van der Waals surface area contributed by atoms with E-state index in [-0.39, 0.29) is 5.69 Å². The molecule has 5 nitrogen and oxygen atoms in total. The molecule has 0 amide bonds. The molecule has 1 fully saturated rings. The van der Waals surface area contributed by atoms with Gasteiger partial charge >= 0.3 is 0 Å². The van der Waals surface area contributed by atoms with Gasteiger partial charge in [0.2, 0.25) is 0 Å². The van der Waals surface area contributed by atoms with Crippen LogP contribution in [-0.4, -0.2) is 24.1 Å². The van der Waals surface area contributed by atoms with Crippen molar-refractivity contribution < 1.29 is 9.66 Å². The van der Waals surface area contributed by atoms with Crippen molar-refractivity contribution >= 4 is 5.69 Å². The molecule has 16 heavy (non-hydrogen) atoms. The monoisotopic (exact) mass is 222 g/mol. The van der Waals surface area contributed by atoms with Crippen LogP contribution >= 0.6 is 0 Å². The number of benzene rings is 1. The molecule has 1 heterocycles. The third-order valence-electron chi connectivity index (χ3n) is 2.66. The van der Waals surface area contributed by atoms with E-state index in [0.717, 1.165) is 13.0 Å². The van der Waals surface area contributed by atoms with Crippen LogP contribution in [0.3, 0.4) is 0 Å². The van der Waals surface area contributed by atoms with E-state index in [4.69, 9.17) is 4.74 Å². The zero-order valence-electron chi connectivity index (χ0n) is 8.89. The van der Waals surface area contributed by atoms with Crippen LogP contribution in [0.2, 0.25) is 0 Å². The topological polar surface area (TPSA) is 64.4 Å². The first-order valence-corrected chi connectivity index (χ1v) is 5.36. The predicted octanol–water partition coefficient (Wildman–Crippen LogP) is 1.73. The minimum atomic E-state index is -0.414. The van der Waals surface area contributed by atoms with E-state index < -0.39 is 4.92 Å². The number of nitrogens with zero attached hydrogens (tertiary/aromatic N) is 1. The zero-order chi connectivity index (χ0) is 11.4. The highest BCUT2D eigenvalue weighted by atomic mass is 16.6. The highest BCUT2D eigenvalue weighted by Gasteiger charge is 2.14. The maximum atomic E-state index is 10.4. The van der Waals surface area contributed by atoms with Crippen molar-refractivity contribution in [3.05, 3.63) is 34.4 Å². The summed E-state index contributed by atoms with van der Waals surface area (Å²) >= 11 is 0. The fourth-order valence-electron chi connectivity index (χ4n) is 1.76. The third-order valence-corrected chi connectivity index (χ3v) is 2.66. The summed E-state index contributed by atoms with van der Waals surface area (Å²) in [6.45, 7) is 1.67. The maximum absolute atomic E-state index is 10.4. The van der Waals surface area contributed by atoms with Gasteiger partial charge in [-0.3, -0.25) is 10.1 Å². The van der Waals surface area contributed by atoms with E-state index >= 15 is 0 Å². The number of hydrogen-bond donors (Lipinski definition) is 1. The molecule has 1 atom stereocenters. The Bertz CT molecular complexity index is 358. The largest absolute Gasteiger partial charge is 0.492 e. The molecule has 1 saturated heterocycles. The van der Waals surface area contributed by atoms with Crippen molar-refractivity contribution in [2.24, 2.45) is 0 Å². The van der Waals surface area contributed by atoms with Gasteiger partial charge in [-0.25, -0.2) is 0 Å². The predicted molar refractivity (Wildman–Crippen MR) is 59.6 cm³/mol. The number of hydrogen-bond acceptors (Lipinski definition) is 4. The van der Waals surface area contributed by atoms with Gasteiger partial charge in [-0.1, -0.05) is 0 Å². The Labute approximate surface area is 93.6 Å². The Balaban J connectivity index is 1.87. The fraction of sp³-hybridized carbons (Fsp3) is 0.455. The number of rotatable bonds is 4. The maximum Gasteiger partial charge on any atom is 0.269 e. The van der Waals surface area contributed by atoms with Crippen molar-refractivity contribution in [3.63, 3.8) is 0 Å². The summed E-state index contributed by atoms with van der Waals surface area (Å²) in [4.78, 5) is 10.0. The summed E-state index contributed by atoms with van der Waals surface area (Å²) in [7, 11) is 0. The van der Waals surface area contributed by atoms with Crippen LogP contribution in [0.5, 0.6) is 5.75 Å². The van der Waals surface area contributed by atoms with Gasteiger partial charge in [0.15, 0.2) is 0 Å². The van der Waals surface area contributed by atoms with Gasteiger partial charge in [0, 0.05) is 18.2 Å². The van der Waals surface area contributed by atoms with Crippen molar-refractivity contribution in [1.82, 2.24) is 5.32 Å². The molecule has 86 valence electrons. The molecule has 0 spiro atoms. The lowest BCUT2D eigenvalue weighted by molar-refractivity contribution is -0.384. The van der Waals surface area contributed by atoms with Gasteiger partial charge < -0.3 is 10.1 Å². The van der Waals surface area contributed by atoms with Gasteiger partial charge in [-0.2, -0.15) is 0 Å². The normalized spacial score (nSPS) is 19.6. The molecule has 1 aromatic carbocycles. The molecule has 1 aliphatic heterocycles. The summed E-state index contributed by atoms with van der Waals surface area (Å²) < 4.78 is 5.54. The van der Waals surface area contributed by atoms with Crippen LogP contribution in [0.4, 0.5) is 5.69 Å². The second-order valence-corrected chi connectivity index (χ2v) is 3.86. The second kappa shape index (κ2) is 4.94. The van der Waals surface area contributed by atoms with Gasteiger partial charge in [-0.05, 0) is 31.5 Å². The standard InChI is InChI=1S/C11H14N2O3/c14-13(15)10-3-5-11(6-4-10)16-8-9-2-1-7-12-9/h3-6,9,12H,1-2,7-8H2/t9-/m0/s1. The molecule has 1 N–H and O–H groups in total. The molecule has 0 radical (unpaired) electrons. The van der Waals surface area contributed by atoms with E-state index in [1.54, 1.807) is 12.1 Å². The molecule has 2 rings (SSSR count). The highest BCUT2D eigenvalue weighted by Crippen LogP contribution is 2.18. The minimum Gasteiger partial charge on any atom is -0.492 e. The first kappa shape index (κ1) is 10.9. The van der Waals surface area contributed by atoms with Crippen LogP contribution in [0.15, 0.2) is 24.3 Å². The molecule has 0 unspecified atom stereocenters. The Kier molecular flexibility index (Phi) is 3.36. The molecule has 0 bridgehead atoms. The first-order chi connectivity index (χ1) is 7.75. The third kappa shape index (κ3) is 2.70. The average Bonchev–Trinajstić information content (AvgIpc) is 2.80. The summed E-state index contributed by atoms with van der Waals surface area (Å²) in [6, 6.07) is 6.59. The Morgan fingerprint density at radius 2 is 2.19 bits per heavy atom. The molecule has 0 saturated carbocycles. The number of nitro groups is 1. The van der Waals surface area contributed by atoms with Crippen LogP contribution in [0.25, 0.3) is 0 Å². The first-order valence-electron chi connectivity index (χ1n) is 5.36. The van der Waals surface area contributed by atoms with Gasteiger partial charge in [0.05, 0.1) is 4.92 Å². The minimum absolute atomic E-state index is 0.0892. The van der Waals surface area contributed by atoms with Crippen molar-refractivity contribution in [2.45, 2.75) is 18.9 Å². The zero-order valence-corrected chi connectivity index (χ0v) is 8.89. The molecule has 0 aliphatic carbocycles. The van der Waals surface area contributed by atoms with Gasteiger partial charge in [-0.15, -0.1) is 0 Å². The summed E-state index contributed by atoms with van der Waals surface area (Å²) in [6.07, 6.45) is 2.32. The molecule has 5 heteroatoms. The van der Waals surface area contributed by atoms with E-state index in [2.05, 4.69) is 5.32 Å². The Hall–Kier alpha value is -1.62. The summed E-state index contributed by atoms with van der Waals surface area (Å²) in [5.41, 5.74) is 0.0892. The van der Waals surface area contributed by atoms with Crippen LogP contribution in [-0.2, 0) is 0 Å². The number of non-ortho nitro benzene ring substituents is 1. The smallest absolute Gasteiger partial charge is 0.269 e. The van der Waals surface area contributed by atoms with E-state index in [1.807, 2.05) is 0 Å². The van der Waals surface area contributed by atoms with Crippen LogP contribution in [0.1, 0.15) is 12.8 Å². The fourth-order valence-corrected chi connectivity index (χ4v) is 1.76. The molecule has 0 aromatic heterocycles. The van der Waals surface area contributed by atoms with E-state index in [1.165, 1.54) is 18.6 Å². The molecule has 1 aromatic rings. The summed E-state index contributed by atoms with van der Waals surface area (Å²) in [5, 5.41) is 13.8. The lowest BCUT2D eigenvalue weighted by Gasteiger charge is -2.11. The van der Waals surface area contributed by atoms with Gasteiger partial charge in [0.1, 0.15) is 12.4 Å². The average molecular weight is 222 g/mol.